The molecule has 1 N–H and O–H groups in total. The highest BCUT2D eigenvalue weighted by molar-refractivity contribution is 5.74. The molecule has 2 aromatic heterocycles. The summed E-state index contributed by atoms with van der Waals surface area (Å²) in [5.74, 6) is 0.722. The molecule has 0 saturated carbocycles. The number of urea groups is 1. The molecule has 1 fully saturated rings. The fourth-order valence-electron chi connectivity index (χ4n) is 2.92. The first-order valence-corrected chi connectivity index (χ1v) is 8.13. The Hall–Kier alpha value is -2.64. The third-order valence-corrected chi connectivity index (χ3v) is 4.11. The van der Waals surface area contributed by atoms with Crippen LogP contribution >= 0.6 is 0 Å². The second-order valence-corrected chi connectivity index (χ2v) is 6.16. The zero-order valence-electron chi connectivity index (χ0n) is 14.1. The number of carbonyl (C=O) groups is 1. The molecule has 1 aliphatic heterocycles. The second kappa shape index (κ2) is 7.29. The summed E-state index contributed by atoms with van der Waals surface area (Å²) in [6, 6.07) is 1.84. The number of amides is 2. The van der Waals surface area contributed by atoms with Crippen LogP contribution in [-0.4, -0.2) is 56.9 Å². The van der Waals surface area contributed by atoms with Crippen molar-refractivity contribution in [1.82, 2.24) is 30.0 Å². The van der Waals surface area contributed by atoms with Gasteiger partial charge in [0, 0.05) is 57.4 Å². The normalized spacial score (nSPS) is 17.6. The molecule has 1 atom stereocenters. The van der Waals surface area contributed by atoms with E-state index in [1.165, 1.54) is 0 Å². The molecule has 8 heteroatoms. The van der Waals surface area contributed by atoms with Crippen LogP contribution in [0.4, 0.5) is 10.7 Å². The average molecular weight is 329 g/mol. The number of hydrogen-bond donors (Lipinski definition) is 1. The molecule has 1 unspecified atom stereocenters. The van der Waals surface area contributed by atoms with Crippen molar-refractivity contribution in [2.45, 2.75) is 25.4 Å². The zero-order chi connectivity index (χ0) is 16.9. The summed E-state index contributed by atoms with van der Waals surface area (Å²) in [5.41, 5.74) is 1.01. The molecule has 2 amide bonds. The van der Waals surface area contributed by atoms with Crippen molar-refractivity contribution in [2.24, 2.45) is 7.05 Å². The van der Waals surface area contributed by atoms with E-state index in [9.17, 15) is 4.79 Å². The van der Waals surface area contributed by atoms with Crippen LogP contribution in [0, 0.1) is 0 Å². The van der Waals surface area contributed by atoms with E-state index in [2.05, 4.69) is 25.3 Å². The number of piperidine rings is 1. The molecule has 3 heterocycles. The van der Waals surface area contributed by atoms with Gasteiger partial charge in [-0.25, -0.2) is 14.8 Å². The van der Waals surface area contributed by atoms with E-state index < -0.39 is 0 Å². The maximum absolute atomic E-state index is 12.4. The highest BCUT2D eigenvalue weighted by Gasteiger charge is 2.24. The Morgan fingerprint density at radius 2 is 2.21 bits per heavy atom. The lowest BCUT2D eigenvalue weighted by Gasteiger charge is -2.33. The van der Waals surface area contributed by atoms with Crippen molar-refractivity contribution in [1.29, 1.82) is 0 Å². The number of nitrogens with zero attached hydrogens (tertiary/aromatic N) is 6. The molecule has 8 nitrogen and oxygen atoms in total. The lowest BCUT2D eigenvalue weighted by atomic mass is 10.1. The molecule has 128 valence electrons. The van der Waals surface area contributed by atoms with Gasteiger partial charge >= 0.3 is 6.03 Å². The maximum atomic E-state index is 12.4. The van der Waals surface area contributed by atoms with E-state index in [0.29, 0.717) is 6.54 Å². The predicted molar refractivity (Wildman–Crippen MR) is 90.5 cm³/mol. The summed E-state index contributed by atoms with van der Waals surface area (Å²) < 4.78 is 1.74. The summed E-state index contributed by atoms with van der Waals surface area (Å²) in [5, 5.41) is 7.23. The number of nitrogens with one attached hydrogen (secondary N) is 1. The monoisotopic (exact) mass is 329 g/mol. The molecule has 2 aromatic rings. The summed E-state index contributed by atoms with van der Waals surface area (Å²) in [7, 11) is 3.66. The van der Waals surface area contributed by atoms with Gasteiger partial charge in [-0.05, 0) is 18.9 Å². The van der Waals surface area contributed by atoms with E-state index >= 15 is 0 Å². The van der Waals surface area contributed by atoms with Gasteiger partial charge in [0.1, 0.15) is 0 Å². The van der Waals surface area contributed by atoms with Crippen molar-refractivity contribution in [3.8, 4) is 0 Å². The zero-order valence-corrected chi connectivity index (χ0v) is 14.1. The third-order valence-electron chi connectivity index (χ3n) is 4.11. The first-order valence-electron chi connectivity index (χ1n) is 8.13. The molecule has 1 saturated heterocycles. The Bertz CT molecular complexity index is 672. The second-order valence-electron chi connectivity index (χ2n) is 6.16. The summed E-state index contributed by atoms with van der Waals surface area (Å²) in [4.78, 5) is 24.8. The van der Waals surface area contributed by atoms with Crippen molar-refractivity contribution in [3.63, 3.8) is 0 Å². The molecular formula is C16H23N7O. The first-order chi connectivity index (χ1) is 11.6. The summed E-state index contributed by atoms with van der Waals surface area (Å²) in [6.07, 6.45) is 9.15. The number of aromatic nitrogens is 4. The van der Waals surface area contributed by atoms with Crippen LogP contribution in [0.3, 0.4) is 0 Å². The highest BCUT2D eigenvalue weighted by atomic mass is 16.2. The lowest BCUT2D eigenvalue weighted by molar-refractivity contribution is 0.200. The summed E-state index contributed by atoms with van der Waals surface area (Å²) >= 11 is 0. The molecule has 24 heavy (non-hydrogen) atoms. The van der Waals surface area contributed by atoms with Crippen LogP contribution in [-0.2, 0) is 13.6 Å². The number of anilines is 1. The quantitative estimate of drug-likeness (QED) is 0.906. The Kier molecular flexibility index (Phi) is 4.93. The lowest BCUT2D eigenvalue weighted by Crippen LogP contribution is -2.51. The van der Waals surface area contributed by atoms with Crippen LogP contribution in [0.2, 0.25) is 0 Å². The van der Waals surface area contributed by atoms with Gasteiger partial charge in [-0.2, -0.15) is 5.10 Å². The van der Waals surface area contributed by atoms with Crippen molar-refractivity contribution in [2.75, 3.05) is 25.0 Å². The van der Waals surface area contributed by atoms with E-state index in [0.717, 1.165) is 37.4 Å². The Morgan fingerprint density at radius 1 is 1.42 bits per heavy atom. The number of rotatable bonds is 4. The van der Waals surface area contributed by atoms with Gasteiger partial charge in [0.15, 0.2) is 0 Å². The smallest absolute Gasteiger partial charge is 0.317 e. The molecule has 3 rings (SSSR count). The molecule has 0 aromatic carbocycles. The summed E-state index contributed by atoms with van der Waals surface area (Å²) in [6.45, 7) is 2.19. The van der Waals surface area contributed by atoms with Gasteiger partial charge in [0.2, 0.25) is 5.95 Å². The van der Waals surface area contributed by atoms with Gasteiger partial charge in [-0.1, -0.05) is 0 Å². The van der Waals surface area contributed by atoms with Gasteiger partial charge in [0.25, 0.3) is 0 Å². The van der Waals surface area contributed by atoms with Gasteiger partial charge < -0.3 is 15.1 Å². The largest absolute Gasteiger partial charge is 0.339 e. The van der Waals surface area contributed by atoms with Gasteiger partial charge in [0.05, 0.1) is 12.7 Å². The Morgan fingerprint density at radius 3 is 2.92 bits per heavy atom. The minimum absolute atomic E-state index is 0.0697. The standard InChI is InChI=1S/C16H23N7O/c1-21(10-13-9-19-22(2)11-13)16(24)20-14-5-3-8-23(12-14)15-17-6-4-7-18-15/h4,6-7,9,11,14H,3,5,8,10,12H2,1-2H3,(H,20,24). The number of hydrogen-bond acceptors (Lipinski definition) is 5. The van der Waals surface area contributed by atoms with Crippen LogP contribution in [0.5, 0.6) is 0 Å². The highest BCUT2D eigenvalue weighted by Crippen LogP contribution is 2.15. The van der Waals surface area contributed by atoms with Gasteiger partial charge in [-0.15, -0.1) is 0 Å². The van der Waals surface area contributed by atoms with Crippen molar-refractivity contribution in [3.05, 3.63) is 36.4 Å². The predicted octanol–water partition coefficient (Wildman–Crippen LogP) is 1.02. The van der Waals surface area contributed by atoms with Crippen LogP contribution in [0.15, 0.2) is 30.9 Å². The fourth-order valence-corrected chi connectivity index (χ4v) is 2.92. The molecule has 0 bridgehead atoms. The van der Waals surface area contributed by atoms with Crippen LogP contribution in [0.25, 0.3) is 0 Å². The van der Waals surface area contributed by atoms with Gasteiger partial charge in [-0.3, -0.25) is 4.68 Å². The molecule has 0 spiro atoms. The average Bonchev–Trinajstić information content (AvgIpc) is 3.00. The minimum Gasteiger partial charge on any atom is -0.339 e. The SMILES string of the molecule is CN(Cc1cnn(C)c1)C(=O)NC1CCCN(c2ncccn2)C1. The number of aryl methyl sites for hydroxylation is 1. The Balaban J connectivity index is 1.53. The minimum atomic E-state index is -0.0697. The molecule has 0 radical (unpaired) electrons. The maximum Gasteiger partial charge on any atom is 0.317 e. The Labute approximate surface area is 141 Å². The fraction of sp³-hybridized carbons (Fsp3) is 0.500. The number of carbonyl (C=O) groups excluding carboxylic acids is 1. The molecule has 1 aliphatic rings. The van der Waals surface area contributed by atoms with E-state index in [1.54, 1.807) is 41.3 Å². The first kappa shape index (κ1) is 16.2. The van der Waals surface area contributed by atoms with Crippen LogP contribution < -0.4 is 10.2 Å². The molecule has 0 aliphatic carbocycles. The van der Waals surface area contributed by atoms with E-state index in [-0.39, 0.29) is 12.1 Å². The van der Waals surface area contributed by atoms with Crippen molar-refractivity contribution >= 4 is 12.0 Å². The van der Waals surface area contributed by atoms with Crippen LogP contribution in [0.1, 0.15) is 18.4 Å². The third kappa shape index (κ3) is 4.01. The van der Waals surface area contributed by atoms with E-state index in [1.807, 2.05) is 13.2 Å². The topological polar surface area (TPSA) is 79.2 Å². The molecular weight excluding hydrogens is 306 g/mol. The van der Waals surface area contributed by atoms with Crippen molar-refractivity contribution < 1.29 is 4.79 Å². The van der Waals surface area contributed by atoms with E-state index in [4.69, 9.17) is 0 Å².